The first-order chi connectivity index (χ1) is 8.35. The zero-order valence-corrected chi connectivity index (χ0v) is 11.4. The molecular weight excluding hydrogens is 236 g/mol. The van der Waals surface area contributed by atoms with E-state index in [-0.39, 0.29) is 0 Å². The van der Waals surface area contributed by atoms with Gasteiger partial charge >= 0.3 is 0 Å². The highest BCUT2D eigenvalue weighted by atomic mass is 32.2. The molecule has 2 rings (SSSR count). The minimum absolute atomic E-state index is 0.375. The molecule has 0 bridgehead atoms. The Bertz CT molecular complexity index is 265. The van der Waals surface area contributed by atoms with Gasteiger partial charge in [-0.2, -0.15) is 0 Å². The van der Waals surface area contributed by atoms with E-state index in [9.17, 15) is 0 Å². The van der Waals surface area contributed by atoms with Gasteiger partial charge in [-0.25, -0.2) is 0 Å². The topological polar surface area (TPSA) is 42.9 Å². The largest absolute Gasteiger partial charge is 0.382 e. The molecular formula is C12H22N2O2S. The Morgan fingerprint density at radius 1 is 1.29 bits per heavy atom. The molecule has 0 aromatic heterocycles. The van der Waals surface area contributed by atoms with Crippen LogP contribution in [0.2, 0.25) is 0 Å². The summed E-state index contributed by atoms with van der Waals surface area (Å²) in [5.74, 6) is 1.19. The summed E-state index contributed by atoms with van der Waals surface area (Å²) in [6, 6.07) is 0. The van der Waals surface area contributed by atoms with Crippen LogP contribution in [-0.4, -0.2) is 49.9 Å². The lowest BCUT2D eigenvalue weighted by Crippen LogP contribution is -2.40. The van der Waals surface area contributed by atoms with Crippen LogP contribution in [0.25, 0.3) is 0 Å². The number of thioether (sulfide) groups is 1. The van der Waals surface area contributed by atoms with E-state index < -0.39 is 0 Å². The number of nitrogens with zero attached hydrogens (tertiary/aromatic N) is 1. The summed E-state index contributed by atoms with van der Waals surface area (Å²) in [4.78, 5) is 4.54. The van der Waals surface area contributed by atoms with E-state index in [4.69, 9.17) is 9.47 Å². The Balaban J connectivity index is 1.62. The van der Waals surface area contributed by atoms with Crippen LogP contribution in [0.5, 0.6) is 0 Å². The van der Waals surface area contributed by atoms with Crippen molar-refractivity contribution in [1.82, 2.24) is 5.32 Å². The molecule has 2 aliphatic rings. The average molecular weight is 258 g/mol. The lowest BCUT2D eigenvalue weighted by atomic mass is 10.0. The fourth-order valence-electron chi connectivity index (χ4n) is 2.37. The summed E-state index contributed by atoms with van der Waals surface area (Å²) in [6.07, 6.45) is 5.34. The van der Waals surface area contributed by atoms with E-state index in [1.54, 1.807) is 7.11 Å². The van der Waals surface area contributed by atoms with Crippen LogP contribution in [0.15, 0.2) is 4.99 Å². The van der Waals surface area contributed by atoms with Gasteiger partial charge in [-0.1, -0.05) is 24.6 Å². The fraction of sp³-hybridized carbons (Fsp3) is 0.917. The summed E-state index contributed by atoms with van der Waals surface area (Å²) in [6.45, 7) is 2.75. The molecule has 1 saturated carbocycles. The van der Waals surface area contributed by atoms with E-state index in [0.717, 1.165) is 11.7 Å². The molecule has 0 aromatic carbocycles. The fourth-order valence-corrected chi connectivity index (χ4v) is 3.61. The number of amidine groups is 1. The molecule has 1 heterocycles. The van der Waals surface area contributed by atoms with Crippen molar-refractivity contribution in [3.63, 3.8) is 0 Å². The van der Waals surface area contributed by atoms with Crippen LogP contribution in [0.4, 0.5) is 0 Å². The third-order valence-electron chi connectivity index (χ3n) is 3.34. The SMILES string of the molecule is COCCOCCN=C1NC2(CCCC2)CS1. The van der Waals surface area contributed by atoms with Gasteiger partial charge in [0.2, 0.25) is 0 Å². The molecule has 1 N–H and O–H groups in total. The Morgan fingerprint density at radius 3 is 2.88 bits per heavy atom. The highest BCUT2D eigenvalue weighted by Crippen LogP contribution is 2.37. The highest BCUT2D eigenvalue weighted by molar-refractivity contribution is 8.14. The average Bonchev–Trinajstić information content (AvgIpc) is 2.95. The van der Waals surface area contributed by atoms with Crippen molar-refractivity contribution >= 4 is 16.9 Å². The van der Waals surface area contributed by atoms with E-state index >= 15 is 0 Å². The van der Waals surface area contributed by atoms with Crippen LogP contribution in [0.1, 0.15) is 25.7 Å². The molecule has 1 spiro atoms. The van der Waals surface area contributed by atoms with Crippen LogP contribution >= 0.6 is 11.8 Å². The summed E-state index contributed by atoms with van der Waals surface area (Å²) < 4.78 is 10.3. The first kappa shape index (κ1) is 13.2. The van der Waals surface area contributed by atoms with Gasteiger partial charge in [0.05, 0.1) is 26.4 Å². The van der Waals surface area contributed by atoms with Crippen LogP contribution in [0.3, 0.4) is 0 Å². The van der Waals surface area contributed by atoms with Crippen molar-refractivity contribution in [1.29, 1.82) is 0 Å². The number of ether oxygens (including phenoxy) is 2. The van der Waals surface area contributed by atoms with Gasteiger partial charge < -0.3 is 14.8 Å². The first-order valence-electron chi connectivity index (χ1n) is 6.37. The molecule has 17 heavy (non-hydrogen) atoms. The summed E-state index contributed by atoms with van der Waals surface area (Å²) >= 11 is 1.87. The Hall–Kier alpha value is -0.260. The monoisotopic (exact) mass is 258 g/mol. The van der Waals surface area contributed by atoms with E-state index in [1.807, 2.05) is 11.8 Å². The molecule has 4 nitrogen and oxygen atoms in total. The van der Waals surface area contributed by atoms with Crippen molar-refractivity contribution in [3.8, 4) is 0 Å². The smallest absolute Gasteiger partial charge is 0.157 e. The van der Waals surface area contributed by atoms with Crippen LogP contribution in [-0.2, 0) is 9.47 Å². The number of hydrogen-bond acceptors (Lipinski definition) is 4. The third kappa shape index (κ3) is 3.86. The van der Waals surface area contributed by atoms with Gasteiger partial charge in [0.25, 0.3) is 0 Å². The van der Waals surface area contributed by atoms with E-state index in [0.29, 0.717) is 25.4 Å². The first-order valence-corrected chi connectivity index (χ1v) is 7.35. The van der Waals surface area contributed by atoms with Crippen LogP contribution < -0.4 is 5.32 Å². The van der Waals surface area contributed by atoms with Crippen molar-refractivity contribution in [3.05, 3.63) is 0 Å². The van der Waals surface area contributed by atoms with Gasteiger partial charge in [-0.15, -0.1) is 0 Å². The number of methoxy groups -OCH3 is 1. The summed E-state index contributed by atoms with van der Waals surface area (Å²) in [5, 5.41) is 4.71. The van der Waals surface area contributed by atoms with Crippen molar-refractivity contribution < 1.29 is 9.47 Å². The molecule has 0 radical (unpaired) electrons. The maximum Gasteiger partial charge on any atom is 0.157 e. The molecule has 1 aliphatic carbocycles. The predicted octanol–water partition coefficient (Wildman–Crippen LogP) is 1.65. The molecule has 2 fully saturated rings. The Morgan fingerprint density at radius 2 is 2.12 bits per heavy atom. The standard InChI is InChI=1S/C12H22N2O2S/c1-15-8-9-16-7-6-13-11-14-12(10-17-11)4-2-3-5-12/h2-10H2,1H3,(H,13,14). The molecule has 0 amide bonds. The lowest BCUT2D eigenvalue weighted by Gasteiger charge is -2.21. The minimum atomic E-state index is 0.375. The van der Waals surface area contributed by atoms with Crippen molar-refractivity contribution in [2.75, 3.05) is 39.2 Å². The number of nitrogens with one attached hydrogen (secondary N) is 1. The van der Waals surface area contributed by atoms with Gasteiger partial charge in [0.1, 0.15) is 0 Å². The molecule has 0 atom stereocenters. The van der Waals surface area contributed by atoms with Gasteiger partial charge in [0.15, 0.2) is 5.17 Å². The van der Waals surface area contributed by atoms with Gasteiger partial charge in [0, 0.05) is 18.4 Å². The predicted molar refractivity (Wildman–Crippen MR) is 71.8 cm³/mol. The van der Waals surface area contributed by atoms with Crippen LogP contribution in [0, 0.1) is 0 Å². The van der Waals surface area contributed by atoms with E-state index in [2.05, 4.69) is 10.3 Å². The molecule has 5 heteroatoms. The maximum atomic E-state index is 5.38. The third-order valence-corrected chi connectivity index (χ3v) is 4.54. The highest BCUT2D eigenvalue weighted by Gasteiger charge is 2.39. The Labute approximate surface area is 108 Å². The molecule has 0 unspecified atom stereocenters. The van der Waals surface area contributed by atoms with Crippen molar-refractivity contribution in [2.45, 2.75) is 31.2 Å². The summed E-state index contributed by atoms with van der Waals surface area (Å²) in [5.41, 5.74) is 0.375. The normalized spacial score (nSPS) is 24.6. The molecule has 0 aromatic rings. The number of rotatable bonds is 6. The van der Waals surface area contributed by atoms with Crippen molar-refractivity contribution in [2.24, 2.45) is 4.99 Å². The second-order valence-electron chi connectivity index (χ2n) is 4.69. The number of hydrogen-bond donors (Lipinski definition) is 1. The number of aliphatic imine (C=N–C) groups is 1. The minimum Gasteiger partial charge on any atom is -0.382 e. The molecule has 1 saturated heterocycles. The van der Waals surface area contributed by atoms with Gasteiger partial charge in [-0.05, 0) is 12.8 Å². The second-order valence-corrected chi connectivity index (χ2v) is 5.66. The van der Waals surface area contributed by atoms with E-state index in [1.165, 1.54) is 31.4 Å². The summed E-state index contributed by atoms with van der Waals surface area (Å²) in [7, 11) is 1.68. The zero-order chi connectivity index (χ0) is 12.0. The second kappa shape index (κ2) is 6.61. The maximum absolute atomic E-state index is 5.38. The zero-order valence-electron chi connectivity index (χ0n) is 10.5. The quantitative estimate of drug-likeness (QED) is 0.736. The van der Waals surface area contributed by atoms with Gasteiger partial charge in [-0.3, -0.25) is 4.99 Å². The molecule has 98 valence electrons. The molecule has 1 aliphatic heterocycles. The lowest BCUT2D eigenvalue weighted by molar-refractivity contribution is 0.0748. The Kier molecular flexibility index (Phi) is 5.13.